The number of amides is 1. The predicted octanol–water partition coefficient (Wildman–Crippen LogP) is 1.83. The van der Waals surface area contributed by atoms with E-state index in [1.807, 2.05) is 6.07 Å². The Kier molecular flexibility index (Phi) is 5.74. The molecule has 14 heteroatoms. The summed E-state index contributed by atoms with van der Waals surface area (Å²) in [6.45, 7) is 1.68. The van der Waals surface area contributed by atoms with Gasteiger partial charge in [-0.3, -0.25) is 14.9 Å². The van der Waals surface area contributed by atoms with Gasteiger partial charge in [-0.05, 0) is 47.1 Å². The number of nitro benzene ring substituents is 1. The SMILES string of the molecule is C/C(=N/NC(=O)c1nnn(-c2nonc2N)c1-c1ccc([N+](=O)[O-])cc1)c1ccc(C#N)cc1. The smallest absolute Gasteiger partial charge is 0.294 e. The molecule has 0 saturated carbocycles. The van der Waals surface area contributed by atoms with Crippen molar-refractivity contribution in [3.8, 4) is 23.1 Å². The molecule has 2 heterocycles. The molecule has 0 unspecified atom stereocenters. The van der Waals surface area contributed by atoms with Crippen LogP contribution in [-0.4, -0.2) is 41.8 Å². The van der Waals surface area contributed by atoms with Gasteiger partial charge < -0.3 is 5.73 Å². The van der Waals surface area contributed by atoms with Crippen molar-refractivity contribution in [1.82, 2.24) is 30.7 Å². The lowest BCUT2D eigenvalue weighted by Gasteiger charge is -2.06. The van der Waals surface area contributed by atoms with Crippen LogP contribution in [0.5, 0.6) is 0 Å². The van der Waals surface area contributed by atoms with Gasteiger partial charge in [0.25, 0.3) is 11.6 Å². The second kappa shape index (κ2) is 8.96. The number of rotatable bonds is 6. The Bertz CT molecular complexity index is 1450. The molecule has 3 N–H and O–H groups in total. The third-order valence-electron chi connectivity index (χ3n) is 4.69. The number of non-ortho nitro benzene ring substituents is 1. The van der Waals surface area contributed by atoms with Crippen molar-refractivity contribution >= 4 is 23.1 Å². The summed E-state index contributed by atoms with van der Waals surface area (Å²) in [5.41, 5.74) is 10.1. The molecule has 168 valence electrons. The fraction of sp³-hybridized carbons (Fsp3) is 0.0500. The van der Waals surface area contributed by atoms with Crippen molar-refractivity contribution < 1.29 is 14.3 Å². The number of anilines is 1. The summed E-state index contributed by atoms with van der Waals surface area (Å²) in [5, 5.41) is 39.0. The largest absolute Gasteiger partial charge is 0.378 e. The lowest BCUT2D eigenvalue weighted by atomic mass is 10.1. The lowest BCUT2D eigenvalue weighted by Crippen LogP contribution is -2.21. The van der Waals surface area contributed by atoms with E-state index in [9.17, 15) is 14.9 Å². The number of nitro groups is 1. The number of nitrogens with two attached hydrogens (primary N) is 1. The summed E-state index contributed by atoms with van der Waals surface area (Å²) in [4.78, 5) is 23.4. The highest BCUT2D eigenvalue weighted by Crippen LogP contribution is 2.28. The molecule has 0 atom stereocenters. The second-order valence-electron chi connectivity index (χ2n) is 6.80. The zero-order valence-electron chi connectivity index (χ0n) is 17.4. The second-order valence-corrected chi connectivity index (χ2v) is 6.80. The van der Waals surface area contributed by atoms with Crippen molar-refractivity contribution in [1.29, 1.82) is 5.26 Å². The van der Waals surface area contributed by atoms with E-state index in [1.165, 1.54) is 24.3 Å². The predicted molar refractivity (Wildman–Crippen MR) is 117 cm³/mol. The van der Waals surface area contributed by atoms with Crippen molar-refractivity contribution in [2.75, 3.05) is 5.73 Å². The molecule has 34 heavy (non-hydrogen) atoms. The molecule has 4 aromatic rings. The van der Waals surface area contributed by atoms with E-state index in [1.54, 1.807) is 31.2 Å². The number of carbonyl (C=O) groups is 1. The van der Waals surface area contributed by atoms with Crippen LogP contribution in [0.25, 0.3) is 17.1 Å². The summed E-state index contributed by atoms with van der Waals surface area (Å²) in [7, 11) is 0. The monoisotopic (exact) mass is 458 g/mol. The van der Waals surface area contributed by atoms with E-state index in [-0.39, 0.29) is 28.7 Å². The van der Waals surface area contributed by atoms with Crippen LogP contribution in [0.1, 0.15) is 28.5 Å². The molecule has 14 nitrogen and oxygen atoms in total. The van der Waals surface area contributed by atoms with Gasteiger partial charge in [-0.2, -0.15) is 15.0 Å². The van der Waals surface area contributed by atoms with Crippen LogP contribution in [0.2, 0.25) is 0 Å². The first-order valence-corrected chi connectivity index (χ1v) is 9.53. The van der Waals surface area contributed by atoms with Crippen LogP contribution >= 0.6 is 0 Å². The molecule has 0 fully saturated rings. The third-order valence-corrected chi connectivity index (χ3v) is 4.69. The number of aromatic nitrogens is 5. The molecule has 2 aromatic heterocycles. The number of carbonyl (C=O) groups excluding carboxylic acids is 1. The molecule has 0 aliphatic heterocycles. The average Bonchev–Trinajstić information content (AvgIpc) is 3.48. The Hall–Kier alpha value is -5.45. The first-order valence-electron chi connectivity index (χ1n) is 9.53. The van der Waals surface area contributed by atoms with Gasteiger partial charge in [0.15, 0.2) is 5.69 Å². The molecule has 2 aromatic carbocycles. The van der Waals surface area contributed by atoms with Crippen LogP contribution < -0.4 is 11.2 Å². The van der Waals surface area contributed by atoms with E-state index in [4.69, 9.17) is 11.0 Å². The molecule has 0 aliphatic carbocycles. The van der Waals surface area contributed by atoms with E-state index in [2.05, 4.69) is 35.8 Å². The molecule has 0 radical (unpaired) electrons. The van der Waals surface area contributed by atoms with E-state index < -0.39 is 10.8 Å². The topological polar surface area (TPSA) is 204 Å². The average molecular weight is 458 g/mol. The van der Waals surface area contributed by atoms with Gasteiger partial charge in [-0.15, -0.1) is 5.10 Å². The number of hydrogen-bond acceptors (Lipinski definition) is 11. The van der Waals surface area contributed by atoms with Crippen LogP contribution in [-0.2, 0) is 0 Å². The van der Waals surface area contributed by atoms with Gasteiger partial charge in [0.05, 0.1) is 22.3 Å². The van der Waals surface area contributed by atoms with Crippen LogP contribution in [0.15, 0.2) is 58.3 Å². The first kappa shape index (κ1) is 21.8. The van der Waals surface area contributed by atoms with E-state index in [0.717, 1.165) is 4.68 Å². The normalized spacial score (nSPS) is 11.1. The summed E-state index contributed by atoms with van der Waals surface area (Å²) >= 11 is 0. The minimum atomic E-state index is -0.706. The van der Waals surface area contributed by atoms with Crippen molar-refractivity contribution in [3.05, 3.63) is 75.5 Å². The molecular weight excluding hydrogens is 444 g/mol. The maximum absolute atomic E-state index is 12.9. The number of nitrogens with zero attached hydrogens (tertiary/aromatic N) is 8. The van der Waals surface area contributed by atoms with E-state index >= 15 is 0 Å². The molecular formula is C20H14N10O4. The third kappa shape index (κ3) is 4.16. The van der Waals surface area contributed by atoms with Gasteiger partial charge in [0.1, 0.15) is 5.69 Å². The molecule has 4 rings (SSSR count). The quantitative estimate of drug-likeness (QED) is 0.243. The van der Waals surface area contributed by atoms with Crippen LogP contribution in [0.3, 0.4) is 0 Å². The number of hydrazone groups is 1. The van der Waals surface area contributed by atoms with Crippen LogP contribution in [0.4, 0.5) is 11.5 Å². The van der Waals surface area contributed by atoms with Crippen molar-refractivity contribution in [3.63, 3.8) is 0 Å². The Balaban J connectivity index is 1.70. The van der Waals surface area contributed by atoms with Crippen LogP contribution in [0, 0.1) is 21.4 Å². The molecule has 0 aliphatic rings. The zero-order valence-corrected chi connectivity index (χ0v) is 17.4. The molecule has 1 amide bonds. The minimum Gasteiger partial charge on any atom is -0.378 e. The van der Waals surface area contributed by atoms with Gasteiger partial charge in [0.2, 0.25) is 11.6 Å². The highest BCUT2D eigenvalue weighted by Gasteiger charge is 2.25. The fourth-order valence-electron chi connectivity index (χ4n) is 2.96. The minimum absolute atomic E-state index is 0.0165. The number of benzene rings is 2. The highest BCUT2D eigenvalue weighted by molar-refractivity contribution is 6.02. The standard InChI is InChI=1S/C20H14N10O4/c1-11(13-4-2-12(10-21)3-5-13)23-25-20(31)16-17(14-6-8-15(9-7-14)30(32)33)29(28-24-16)19-18(22)26-34-27-19/h2-9H,1H3,(H2,22,26)(H,25,31)/b23-11-. The maximum atomic E-state index is 12.9. The maximum Gasteiger partial charge on any atom is 0.294 e. The van der Waals surface area contributed by atoms with Crippen molar-refractivity contribution in [2.24, 2.45) is 5.10 Å². The Morgan fingerprint density at radius 3 is 2.50 bits per heavy atom. The molecule has 0 spiro atoms. The summed E-state index contributed by atoms with van der Waals surface area (Å²) in [6, 6.07) is 14.1. The Labute approximate surface area is 190 Å². The lowest BCUT2D eigenvalue weighted by molar-refractivity contribution is -0.384. The zero-order chi connectivity index (χ0) is 24.2. The van der Waals surface area contributed by atoms with Crippen molar-refractivity contribution in [2.45, 2.75) is 6.92 Å². The Morgan fingerprint density at radius 2 is 1.91 bits per heavy atom. The summed E-state index contributed by atoms with van der Waals surface area (Å²) in [6.07, 6.45) is 0. The number of hydrogen-bond donors (Lipinski definition) is 2. The highest BCUT2D eigenvalue weighted by atomic mass is 16.6. The number of nitriles is 1. The summed E-state index contributed by atoms with van der Waals surface area (Å²) < 4.78 is 5.75. The van der Waals surface area contributed by atoms with Gasteiger partial charge in [-0.25, -0.2) is 10.1 Å². The number of nitrogen functional groups attached to an aromatic ring is 1. The van der Waals surface area contributed by atoms with E-state index in [0.29, 0.717) is 22.4 Å². The fourth-order valence-corrected chi connectivity index (χ4v) is 2.96. The van der Waals surface area contributed by atoms with Gasteiger partial charge >= 0.3 is 0 Å². The molecule has 0 saturated heterocycles. The van der Waals surface area contributed by atoms with Gasteiger partial charge in [0, 0.05) is 17.7 Å². The number of nitrogens with one attached hydrogen (secondary N) is 1. The summed E-state index contributed by atoms with van der Waals surface area (Å²) in [5.74, 6) is -0.825. The van der Waals surface area contributed by atoms with Gasteiger partial charge in [-0.1, -0.05) is 17.3 Å². The molecule has 0 bridgehead atoms. The first-order chi connectivity index (χ1) is 16.4. The Morgan fingerprint density at radius 1 is 1.21 bits per heavy atom.